The maximum Gasteiger partial charge on any atom is 0.0452 e. The Bertz CT molecular complexity index is 444. The fourth-order valence-corrected chi connectivity index (χ4v) is 3.83. The van der Waals surface area contributed by atoms with E-state index >= 15 is 0 Å². The fraction of sp³-hybridized carbons (Fsp3) is 0.684. The third-order valence-corrected chi connectivity index (χ3v) is 4.99. The van der Waals surface area contributed by atoms with Gasteiger partial charge in [-0.05, 0) is 82.8 Å². The summed E-state index contributed by atoms with van der Waals surface area (Å²) < 4.78 is 0. The van der Waals surface area contributed by atoms with Crippen molar-refractivity contribution in [2.45, 2.75) is 53.0 Å². The molecule has 2 atom stereocenters. The summed E-state index contributed by atoms with van der Waals surface area (Å²) in [6.45, 7) is 12.7. The van der Waals surface area contributed by atoms with Crippen molar-refractivity contribution >= 4 is 0 Å². The molecule has 1 aliphatic rings. The van der Waals surface area contributed by atoms with Crippen molar-refractivity contribution in [2.75, 3.05) is 26.7 Å². The molecule has 1 aromatic carbocycles. The van der Waals surface area contributed by atoms with Crippen molar-refractivity contribution in [3.05, 3.63) is 34.4 Å². The number of nitrogens with zero attached hydrogens (tertiary/aromatic N) is 1. The van der Waals surface area contributed by atoms with Crippen LogP contribution in [-0.4, -0.2) is 31.6 Å². The Balaban J connectivity index is 2.13. The van der Waals surface area contributed by atoms with E-state index in [0.717, 1.165) is 12.5 Å². The number of hydrogen-bond acceptors (Lipinski definition) is 2. The third kappa shape index (κ3) is 4.31. The van der Waals surface area contributed by atoms with Gasteiger partial charge >= 0.3 is 0 Å². The summed E-state index contributed by atoms with van der Waals surface area (Å²) in [6.07, 6.45) is 4.09. The van der Waals surface area contributed by atoms with Crippen LogP contribution in [0.15, 0.2) is 12.1 Å². The van der Waals surface area contributed by atoms with E-state index in [0.29, 0.717) is 6.04 Å². The molecule has 1 aliphatic heterocycles. The van der Waals surface area contributed by atoms with Gasteiger partial charge in [-0.2, -0.15) is 0 Å². The molecule has 0 bridgehead atoms. The lowest BCUT2D eigenvalue weighted by Crippen LogP contribution is -2.35. The third-order valence-electron chi connectivity index (χ3n) is 4.99. The summed E-state index contributed by atoms with van der Waals surface area (Å²) in [7, 11) is 2.10. The first-order valence-electron chi connectivity index (χ1n) is 8.48. The van der Waals surface area contributed by atoms with Gasteiger partial charge in [0.2, 0.25) is 0 Å². The second-order valence-electron chi connectivity index (χ2n) is 6.99. The van der Waals surface area contributed by atoms with Crippen LogP contribution in [0.5, 0.6) is 0 Å². The minimum absolute atomic E-state index is 0.444. The van der Waals surface area contributed by atoms with Crippen molar-refractivity contribution in [2.24, 2.45) is 5.92 Å². The molecule has 0 amide bonds. The zero-order valence-electron chi connectivity index (χ0n) is 14.5. The van der Waals surface area contributed by atoms with Gasteiger partial charge in [0, 0.05) is 12.6 Å². The number of aryl methyl sites for hydroxylation is 3. The topological polar surface area (TPSA) is 15.3 Å². The quantitative estimate of drug-likeness (QED) is 0.901. The van der Waals surface area contributed by atoms with E-state index in [9.17, 15) is 0 Å². The predicted octanol–water partition coefficient (Wildman–Crippen LogP) is 3.99. The summed E-state index contributed by atoms with van der Waals surface area (Å²) in [5.74, 6) is 0.894. The first-order valence-corrected chi connectivity index (χ1v) is 8.48. The molecule has 0 aliphatic carbocycles. The maximum atomic E-state index is 3.56. The zero-order chi connectivity index (χ0) is 15.4. The smallest absolute Gasteiger partial charge is 0.0452 e. The molecule has 1 heterocycles. The van der Waals surface area contributed by atoms with Gasteiger partial charge in [-0.15, -0.1) is 0 Å². The molecule has 0 spiro atoms. The molecule has 2 heteroatoms. The van der Waals surface area contributed by atoms with Crippen LogP contribution in [0.25, 0.3) is 0 Å². The number of nitrogens with one attached hydrogen (secondary N) is 1. The molecule has 118 valence electrons. The Labute approximate surface area is 130 Å². The summed E-state index contributed by atoms with van der Waals surface area (Å²) in [4.78, 5) is 2.66. The van der Waals surface area contributed by atoms with E-state index < -0.39 is 0 Å². The first-order chi connectivity index (χ1) is 10.0. The van der Waals surface area contributed by atoms with Crippen molar-refractivity contribution < 1.29 is 0 Å². The SMILES string of the molecule is CNC(CN1CCCC(C)CC1)c1c(C)cc(C)cc1C. The summed E-state index contributed by atoms with van der Waals surface area (Å²) in [5, 5.41) is 3.56. The fourth-order valence-electron chi connectivity index (χ4n) is 3.83. The minimum atomic E-state index is 0.444. The number of likely N-dealkylation sites (tertiary alicyclic amines) is 1. The van der Waals surface area contributed by atoms with Crippen molar-refractivity contribution in [1.82, 2.24) is 10.2 Å². The molecule has 1 fully saturated rings. The lowest BCUT2D eigenvalue weighted by molar-refractivity contribution is 0.252. The van der Waals surface area contributed by atoms with Gasteiger partial charge in [-0.25, -0.2) is 0 Å². The number of hydrogen-bond donors (Lipinski definition) is 1. The van der Waals surface area contributed by atoms with E-state index in [2.05, 4.69) is 57.1 Å². The summed E-state index contributed by atoms with van der Waals surface area (Å²) in [6, 6.07) is 5.08. The van der Waals surface area contributed by atoms with Gasteiger partial charge in [0.15, 0.2) is 0 Å². The lowest BCUT2D eigenvalue weighted by atomic mass is 9.93. The van der Waals surface area contributed by atoms with Crippen LogP contribution >= 0.6 is 0 Å². The number of benzene rings is 1. The highest BCUT2D eigenvalue weighted by molar-refractivity contribution is 5.39. The van der Waals surface area contributed by atoms with Gasteiger partial charge < -0.3 is 10.2 Å². The highest BCUT2D eigenvalue weighted by Crippen LogP contribution is 2.25. The Morgan fingerprint density at radius 3 is 2.43 bits per heavy atom. The van der Waals surface area contributed by atoms with Gasteiger partial charge in [-0.1, -0.05) is 24.6 Å². The Morgan fingerprint density at radius 1 is 1.14 bits per heavy atom. The normalized spacial score (nSPS) is 22.0. The largest absolute Gasteiger partial charge is 0.312 e. The van der Waals surface area contributed by atoms with Crippen molar-refractivity contribution in [3.8, 4) is 0 Å². The van der Waals surface area contributed by atoms with Gasteiger partial charge in [-0.3, -0.25) is 0 Å². The second-order valence-corrected chi connectivity index (χ2v) is 6.99. The molecule has 1 N–H and O–H groups in total. The van der Waals surface area contributed by atoms with Crippen LogP contribution in [0.1, 0.15) is 54.5 Å². The van der Waals surface area contributed by atoms with Crippen LogP contribution in [0.4, 0.5) is 0 Å². The highest BCUT2D eigenvalue weighted by Gasteiger charge is 2.20. The van der Waals surface area contributed by atoms with Crippen LogP contribution in [-0.2, 0) is 0 Å². The molecule has 0 radical (unpaired) electrons. The van der Waals surface area contributed by atoms with E-state index in [4.69, 9.17) is 0 Å². The molecule has 0 saturated carbocycles. The van der Waals surface area contributed by atoms with Gasteiger partial charge in [0.05, 0.1) is 0 Å². The van der Waals surface area contributed by atoms with E-state index in [1.807, 2.05) is 0 Å². The van der Waals surface area contributed by atoms with Gasteiger partial charge in [0.1, 0.15) is 0 Å². The predicted molar refractivity (Wildman–Crippen MR) is 91.9 cm³/mol. The van der Waals surface area contributed by atoms with E-state index in [1.54, 1.807) is 0 Å². The monoisotopic (exact) mass is 288 g/mol. The first kappa shape index (κ1) is 16.5. The average Bonchev–Trinajstić information content (AvgIpc) is 2.61. The highest BCUT2D eigenvalue weighted by atomic mass is 15.1. The molecular formula is C19H32N2. The van der Waals surface area contributed by atoms with Crippen molar-refractivity contribution in [3.63, 3.8) is 0 Å². The van der Waals surface area contributed by atoms with Crippen LogP contribution in [0, 0.1) is 26.7 Å². The molecule has 1 aromatic rings. The molecule has 1 saturated heterocycles. The molecule has 2 nitrogen and oxygen atoms in total. The van der Waals surface area contributed by atoms with E-state index in [1.165, 1.54) is 54.6 Å². The standard InChI is InChI=1S/C19H32N2/c1-14-7-6-9-21(10-8-14)13-18(20-5)19-16(3)11-15(2)12-17(19)4/h11-12,14,18,20H,6-10,13H2,1-5H3. The zero-order valence-corrected chi connectivity index (χ0v) is 14.5. The van der Waals surface area contributed by atoms with E-state index in [-0.39, 0.29) is 0 Å². The van der Waals surface area contributed by atoms with Crippen molar-refractivity contribution in [1.29, 1.82) is 0 Å². The number of likely N-dealkylation sites (N-methyl/N-ethyl adjacent to an activating group) is 1. The average molecular weight is 288 g/mol. The Kier molecular flexibility index (Phi) is 5.83. The summed E-state index contributed by atoms with van der Waals surface area (Å²) in [5.41, 5.74) is 5.72. The molecule has 2 unspecified atom stereocenters. The van der Waals surface area contributed by atoms with Crippen LogP contribution in [0.2, 0.25) is 0 Å². The second kappa shape index (κ2) is 7.42. The summed E-state index contributed by atoms with van der Waals surface area (Å²) >= 11 is 0. The molecule has 0 aromatic heterocycles. The number of rotatable bonds is 4. The minimum Gasteiger partial charge on any atom is -0.312 e. The van der Waals surface area contributed by atoms with Crippen LogP contribution < -0.4 is 5.32 Å². The van der Waals surface area contributed by atoms with Gasteiger partial charge in [0.25, 0.3) is 0 Å². The Morgan fingerprint density at radius 2 is 1.81 bits per heavy atom. The Hall–Kier alpha value is -0.860. The maximum absolute atomic E-state index is 3.56. The lowest BCUT2D eigenvalue weighted by Gasteiger charge is -2.28. The molecule has 2 rings (SSSR count). The van der Waals surface area contributed by atoms with Crippen LogP contribution in [0.3, 0.4) is 0 Å². The molecular weight excluding hydrogens is 256 g/mol. The molecule has 21 heavy (non-hydrogen) atoms.